The molecule has 0 amide bonds. The largest absolute Gasteiger partial charge is 0.379 e. The topological polar surface area (TPSA) is 51.5 Å². The fourth-order valence-electron chi connectivity index (χ4n) is 0.656. The molecule has 0 aromatic carbocycles. The lowest BCUT2D eigenvalue weighted by Gasteiger charge is -2.04. The summed E-state index contributed by atoms with van der Waals surface area (Å²) in [6.45, 7) is 5.94. The minimum atomic E-state index is 0.318. The van der Waals surface area contributed by atoms with Crippen LogP contribution in [0.15, 0.2) is 0 Å². The number of nitrogens with one attached hydrogen (secondary N) is 1. The predicted octanol–water partition coefficient (Wildman–Crippen LogP) is 0.339. The van der Waals surface area contributed by atoms with Crippen LogP contribution >= 0.6 is 0 Å². The molecule has 0 spiro atoms. The third kappa shape index (κ3) is 9.84. The summed E-state index contributed by atoms with van der Waals surface area (Å²) < 4.78 is 15.3. The van der Waals surface area contributed by atoms with Crippen LogP contribution in [0.1, 0.15) is 6.92 Å². The smallest absolute Gasteiger partial charge is 0.0701 e. The van der Waals surface area contributed by atoms with Crippen molar-refractivity contribution in [3.05, 3.63) is 0 Å². The summed E-state index contributed by atoms with van der Waals surface area (Å²) in [4.78, 5) is 0. The summed E-state index contributed by atoms with van der Waals surface area (Å²) >= 11 is 0. The second-order valence-corrected chi connectivity index (χ2v) is 2.17. The first kappa shape index (κ1) is 11.8. The maximum absolute atomic E-state index is 6.79. The quantitative estimate of drug-likeness (QED) is 0.476. The first-order valence-corrected chi connectivity index (χ1v) is 4.29. The minimum absolute atomic E-state index is 0.318. The monoisotopic (exact) mass is 176 g/mol. The first-order valence-electron chi connectivity index (χ1n) is 4.29. The third-order valence-corrected chi connectivity index (χ3v) is 1.19. The Morgan fingerprint density at radius 3 is 1.83 bits per heavy atom. The lowest BCUT2D eigenvalue weighted by molar-refractivity contribution is 0.0183. The Bertz CT molecular complexity index is 70.7. The summed E-state index contributed by atoms with van der Waals surface area (Å²) in [5.41, 5.74) is 6.79. The van der Waals surface area contributed by atoms with Crippen molar-refractivity contribution < 1.29 is 14.2 Å². The van der Waals surface area contributed by atoms with Crippen molar-refractivity contribution in [3.63, 3.8) is 0 Å². The molecule has 0 aliphatic rings. The van der Waals surface area contributed by atoms with Crippen LogP contribution in [0.2, 0.25) is 0 Å². The molecule has 0 bridgehead atoms. The molecule has 0 saturated heterocycles. The molecule has 0 aromatic rings. The Morgan fingerprint density at radius 2 is 1.33 bits per heavy atom. The maximum Gasteiger partial charge on any atom is 0.0701 e. The zero-order chi connectivity index (χ0) is 9.07. The maximum atomic E-state index is 6.79. The molecule has 1 N–H and O–H groups in total. The van der Waals surface area contributed by atoms with Crippen molar-refractivity contribution >= 4 is 0 Å². The van der Waals surface area contributed by atoms with Crippen molar-refractivity contribution in [1.29, 1.82) is 0 Å². The first-order chi connectivity index (χ1) is 5.91. The molecule has 0 saturated carbocycles. The molecule has 0 atom stereocenters. The van der Waals surface area contributed by atoms with Crippen LogP contribution in [-0.2, 0) is 14.2 Å². The molecule has 0 fully saturated rings. The highest BCUT2D eigenvalue weighted by atomic mass is 16.5. The van der Waals surface area contributed by atoms with Crippen LogP contribution in [0.5, 0.6) is 0 Å². The Balaban J connectivity index is 2.73. The van der Waals surface area contributed by atoms with Crippen LogP contribution in [0.3, 0.4) is 0 Å². The van der Waals surface area contributed by atoms with Gasteiger partial charge in [-0.1, -0.05) is 0 Å². The van der Waals surface area contributed by atoms with Gasteiger partial charge in [0, 0.05) is 13.2 Å². The molecule has 0 unspecified atom stereocenters. The van der Waals surface area contributed by atoms with Crippen molar-refractivity contribution in [2.75, 3.05) is 46.2 Å². The number of hydrogen-bond donors (Lipinski definition) is 0. The van der Waals surface area contributed by atoms with E-state index in [1.54, 1.807) is 0 Å². The molecule has 4 nitrogen and oxygen atoms in total. The van der Waals surface area contributed by atoms with Crippen LogP contribution in [-0.4, -0.2) is 46.2 Å². The van der Waals surface area contributed by atoms with Crippen LogP contribution in [0.25, 0.3) is 0 Å². The molecule has 4 heteroatoms. The van der Waals surface area contributed by atoms with E-state index in [-0.39, 0.29) is 0 Å². The number of rotatable bonds is 9. The fourth-order valence-corrected chi connectivity index (χ4v) is 0.656. The van der Waals surface area contributed by atoms with E-state index >= 15 is 0 Å². The Hall–Kier alpha value is -0.160. The second-order valence-electron chi connectivity index (χ2n) is 2.17. The van der Waals surface area contributed by atoms with Gasteiger partial charge in [-0.2, -0.15) is 0 Å². The Morgan fingerprint density at radius 1 is 0.833 bits per heavy atom. The average molecular weight is 176 g/mol. The highest BCUT2D eigenvalue weighted by Crippen LogP contribution is 1.79. The van der Waals surface area contributed by atoms with E-state index in [2.05, 4.69) is 0 Å². The summed E-state index contributed by atoms with van der Waals surface area (Å²) in [6, 6.07) is 0. The van der Waals surface area contributed by atoms with Gasteiger partial charge in [0.25, 0.3) is 0 Å². The van der Waals surface area contributed by atoms with Gasteiger partial charge in [-0.05, 0) is 6.92 Å². The Kier molecular flexibility index (Phi) is 10.7. The van der Waals surface area contributed by atoms with E-state index in [1.165, 1.54) is 0 Å². The summed E-state index contributed by atoms with van der Waals surface area (Å²) in [6.07, 6.45) is 0. The van der Waals surface area contributed by atoms with Crippen LogP contribution < -0.4 is 5.73 Å². The van der Waals surface area contributed by atoms with Crippen LogP contribution in [0, 0.1) is 0 Å². The summed E-state index contributed by atoms with van der Waals surface area (Å²) in [7, 11) is 0. The van der Waals surface area contributed by atoms with Gasteiger partial charge in [0.15, 0.2) is 0 Å². The normalized spacial score (nSPS) is 10.5. The van der Waals surface area contributed by atoms with Gasteiger partial charge in [0.05, 0.1) is 33.0 Å². The lowest BCUT2D eigenvalue weighted by Crippen LogP contribution is -2.10. The standard InChI is InChI=1S/C8H18NO3/c1-2-10-5-6-12-8-7-11-4-3-9/h9H,2-8H2,1H3. The van der Waals surface area contributed by atoms with E-state index in [0.29, 0.717) is 39.6 Å². The lowest BCUT2D eigenvalue weighted by atomic mass is 10.7. The zero-order valence-corrected chi connectivity index (χ0v) is 7.67. The molecule has 0 aliphatic heterocycles. The van der Waals surface area contributed by atoms with Gasteiger partial charge < -0.3 is 14.2 Å². The van der Waals surface area contributed by atoms with Gasteiger partial charge in [-0.25, -0.2) is 0 Å². The van der Waals surface area contributed by atoms with Crippen molar-refractivity contribution in [2.24, 2.45) is 0 Å². The molecule has 73 valence electrons. The van der Waals surface area contributed by atoms with E-state index in [9.17, 15) is 0 Å². The summed E-state index contributed by atoms with van der Waals surface area (Å²) in [5, 5.41) is 0. The molecular formula is C8H18NO3. The zero-order valence-electron chi connectivity index (χ0n) is 7.67. The molecule has 12 heavy (non-hydrogen) atoms. The molecule has 0 rings (SSSR count). The molecule has 0 aliphatic carbocycles. The van der Waals surface area contributed by atoms with Crippen molar-refractivity contribution in [2.45, 2.75) is 6.92 Å². The SMILES string of the molecule is CCOCCOCCOCC[NH]. The van der Waals surface area contributed by atoms with Crippen molar-refractivity contribution in [1.82, 2.24) is 5.73 Å². The van der Waals surface area contributed by atoms with Crippen LogP contribution in [0.4, 0.5) is 0 Å². The molecular weight excluding hydrogens is 158 g/mol. The minimum Gasteiger partial charge on any atom is -0.379 e. The number of ether oxygens (including phenoxy) is 3. The fraction of sp³-hybridized carbons (Fsp3) is 1.00. The highest BCUT2D eigenvalue weighted by molar-refractivity contribution is 4.33. The predicted molar refractivity (Wildman–Crippen MR) is 46.1 cm³/mol. The van der Waals surface area contributed by atoms with E-state index in [1.807, 2.05) is 6.92 Å². The number of hydrogen-bond acceptors (Lipinski definition) is 3. The van der Waals surface area contributed by atoms with Crippen molar-refractivity contribution in [3.8, 4) is 0 Å². The molecule has 0 heterocycles. The van der Waals surface area contributed by atoms with E-state index in [0.717, 1.165) is 6.61 Å². The summed E-state index contributed by atoms with van der Waals surface area (Å²) in [5.74, 6) is 0. The van der Waals surface area contributed by atoms with Gasteiger partial charge >= 0.3 is 0 Å². The van der Waals surface area contributed by atoms with E-state index < -0.39 is 0 Å². The third-order valence-electron chi connectivity index (χ3n) is 1.19. The van der Waals surface area contributed by atoms with Gasteiger partial charge in [-0.15, -0.1) is 0 Å². The second kappa shape index (κ2) is 10.8. The Labute approximate surface area is 74.0 Å². The van der Waals surface area contributed by atoms with Gasteiger partial charge in [0.2, 0.25) is 0 Å². The molecule has 1 radical (unpaired) electrons. The van der Waals surface area contributed by atoms with Gasteiger partial charge in [-0.3, -0.25) is 5.73 Å². The highest BCUT2D eigenvalue weighted by Gasteiger charge is 1.88. The molecule has 0 aromatic heterocycles. The van der Waals surface area contributed by atoms with E-state index in [4.69, 9.17) is 19.9 Å². The average Bonchev–Trinajstić information content (AvgIpc) is 2.10. The van der Waals surface area contributed by atoms with Gasteiger partial charge in [0.1, 0.15) is 0 Å².